The van der Waals surface area contributed by atoms with Gasteiger partial charge < -0.3 is 14.5 Å². The Morgan fingerprint density at radius 1 is 1.00 bits per heavy atom. The highest BCUT2D eigenvalue weighted by atomic mass is 32.1. The normalized spacial score (nSPS) is 21.5. The van der Waals surface area contributed by atoms with Gasteiger partial charge in [0.15, 0.2) is 11.6 Å². The summed E-state index contributed by atoms with van der Waals surface area (Å²) in [5.74, 6) is 1.68. The van der Waals surface area contributed by atoms with Crippen molar-refractivity contribution in [3.8, 4) is 0 Å². The number of anilines is 2. The largest absolute Gasteiger partial charge is 0.378 e. The van der Waals surface area contributed by atoms with Crippen molar-refractivity contribution in [2.45, 2.75) is 25.3 Å². The lowest BCUT2D eigenvalue weighted by molar-refractivity contribution is 0.122. The van der Waals surface area contributed by atoms with Gasteiger partial charge in [-0.15, -0.1) is 11.3 Å². The van der Waals surface area contributed by atoms with E-state index in [1.54, 1.807) is 11.3 Å². The zero-order valence-corrected chi connectivity index (χ0v) is 15.1. The maximum Gasteiger partial charge on any atom is 0.245 e. The molecule has 0 radical (unpaired) electrons. The lowest BCUT2D eigenvalue weighted by Crippen LogP contribution is -2.40. The van der Waals surface area contributed by atoms with Gasteiger partial charge in [-0.1, -0.05) is 0 Å². The summed E-state index contributed by atoms with van der Waals surface area (Å²) < 4.78 is 10.4. The smallest absolute Gasteiger partial charge is 0.245 e. The predicted octanol–water partition coefficient (Wildman–Crippen LogP) is 2.04. The summed E-state index contributed by atoms with van der Waals surface area (Å²) in [6.45, 7) is 3.87. The molecule has 26 heavy (non-hydrogen) atoms. The molecule has 0 N–H and O–H groups in total. The lowest BCUT2D eigenvalue weighted by atomic mass is 10.0. The Kier molecular flexibility index (Phi) is 4.13. The quantitative estimate of drug-likeness (QED) is 0.683. The molecule has 3 aromatic rings. The third-order valence-corrected chi connectivity index (χ3v) is 5.78. The second kappa shape index (κ2) is 6.76. The number of rotatable bonds is 3. The van der Waals surface area contributed by atoms with Crippen molar-refractivity contribution >= 4 is 34.3 Å². The van der Waals surface area contributed by atoms with E-state index in [0.29, 0.717) is 24.5 Å². The fourth-order valence-electron chi connectivity index (χ4n) is 3.64. The second-order valence-corrected chi connectivity index (χ2v) is 7.38. The molecule has 5 heterocycles. The van der Waals surface area contributed by atoms with Crippen LogP contribution in [0.4, 0.5) is 11.6 Å². The van der Waals surface area contributed by atoms with Gasteiger partial charge in [0.1, 0.15) is 5.01 Å². The topological polar surface area (TPSA) is 93.3 Å². The number of hydrogen-bond donors (Lipinski definition) is 0. The summed E-state index contributed by atoms with van der Waals surface area (Å²) in [5, 5.41) is 10.9. The van der Waals surface area contributed by atoms with Crippen LogP contribution in [-0.2, 0) is 4.74 Å². The number of nitrogens with zero attached hydrogens (tertiary/aromatic N) is 7. The molecule has 2 fully saturated rings. The van der Waals surface area contributed by atoms with Crippen LogP contribution in [0.2, 0.25) is 0 Å². The molecule has 0 bridgehead atoms. The molecule has 136 valence electrons. The number of hydrogen-bond acceptors (Lipinski definition) is 10. The van der Waals surface area contributed by atoms with E-state index in [1.807, 2.05) is 11.6 Å². The van der Waals surface area contributed by atoms with Crippen LogP contribution in [0.15, 0.2) is 16.2 Å². The average molecular weight is 373 g/mol. The summed E-state index contributed by atoms with van der Waals surface area (Å²) in [7, 11) is 0. The van der Waals surface area contributed by atoms with E-state index in [1.165, 1.54) is 6.42 Å². The van der Waals surface area contributed by atoms with Gasteiger partial charge in [0.2, 0.25) is 11.3 Å². The molecule has 0 saturated carbocycles. The third-order valence-electron chi connectivity index (χ3n) is 4.90. The SMILES string of the molecule is c1csc(C2CCCCN2c2nc3nonc3nc2N2CCOCC2)n1. The highest BCUT2D eigenvalue weighted by Gasteiger charge is 2.32. The summed E-state index contributed by atoms with van der Waals surface area (Å²) in [6.07, 6.45) is 5.25. The van der Waals surface area contributed by atoms with Crippen molar-refractivity contribution in [2.24, 2.45) is 0 Å². The molecule has 9 nitrogen and oxygen atoms in total. The first-order valence-corrected chi connectivity index (χ1v) is 9.77. The number of aromatic nitrogens is 5. The Hall–Kier alpha value is -2.33. The molecule has 2 aliphatic rings. The molecule has 1 atom stereocenters. The first kappa shape index (κ1) is 15.9. The highest BCUT2D eigenvalue weighted by molar-refractivity contribution is 7.09. The number of thiazole rings is 1. The fourth-order valence-corrected chi connectivity index (χ4v) is 4.43. The Morgan fingerprint density at radius 3 is 2.58 bits per heavy atom. The molecule has 0 spiro atoms. The molecule has 0 amide bonds. The van der Waals surface area contributed by atoms with E-state index in [4.69, 9.17) is 19.3 Å². The Bertz CT molecular complexity index is 878. The van der Waals surface area contributed by atoms with Crippen molar-refractivity contribution in [1.82, 2.24) is 25.3 Å². The molecule has 0 aliphatic carbocycles. The van der Waals surface area contributed by atoms with Crippen molar-refractivity contribution in [3.63, 3.8) is 0 Å². The van der Waals surface area contributed by atoms with Crippen molar-refractivity contribution in [2.75, 3.05) is 42.6 Å². The zero-order valence-electron chi connectivity index (χ0n) is 14.2. The van der Waals surface area contributed by atoms with E-state index in [9.17, 15) is 0 Å². The van der Waals surface area contributed by atoms with Gasteiger partial charge >= 0.3 is 0 Å². The number of piperidine rings is 1. The minimum atomic E-state index is 0.218. The van der Waals surface area contributed by atoms with Crippen LogP contribution in [0.3, 0.4) is 0 Å². The van der Waals surface area contributed by atoms with Gasteiger partial charge in [-0.25, -0.2) is 19.6 Å². The van der Waals surface area contributed by atoms with Gasteiger partial charge in [0, 0.05) is 31.2 Å². The molecule has 5 rings (SSSR count). The minimum Gasteiger partial charge on any atom is -0.378 e. The van der Waals surface area contributed by atoms with Gasteiger partial charge in [-0.3, -0.25) is 0 Å². The van der Waals surface area contributed by atoms with Crippen LogP contribution < -0.4 is 9.80 Å². The van der Waals surface area contributed by atoms with Crippen LogP contribution in [0.5, 0.6) is 0 Å². The molecule has 0 aromatic carbocycles. The van der Waals surface area contributed by atoms with Crippen LogP contribution in [0.25, 0.3) is 11.3 Å². The van der Waals surface area contributed by atoms with E-state index in [2.05, 4.69) is 25.1 Å². The molecule has 2 saturated heterocycles. The molecule has 1 unspecified atom stereocenters. The Balaban J connectivity index is 1.61. The number of fused-ring (bicyclic) bond motifs is 1. The minimum absolute atomic E-state index is 0.218. The third kappa shape index (κ3) is 2.78. The lowest BCUT2D eigenvalue weighted by Gasteiger charge is -2.38. The Labute approximate surface area is 154 Å². The molecule has 2 aliphatic heterocycles. The predicted molar refractivity (Wildman–Crippen MR) is 96.5 cm³/mol. The maximum absolute atomic E-state index is 5.50. The van der Waals surface area contributed by atoms with E-state index < -0.39 is 0 Å². The van der Waals surface area contributed by atoms with Crippen LogP contribution in [-0.4, -0.2) is 58.1 Å². The number of ether oxygens (including phenoxy) is 1. The molecular weight excluding hydrogens is 354 g/mol. The summed E-state index contributed by atoms with van der Waals surface area (Å²) in [4.78, 5) is 18.6. The highest BCUT2D eigenvalue weighted by Crippen LogP contribution is 2.39. The van der Waals surface area contributed by atoms with Gasteiger partial charge in [0.05, 0.1) is 19.3 Å². The first-order chi connectivity index (χ1) is 12.9. The first-order valence-electron chi connectivity index (χ1n) is 8.89. The fraction of sp³-hybridized carbons (Fsp3) is 0.562. The second-order valence-electron chi connectivity index (χ2n) is 6.46. The zero-order chi connectivity index (χ0) is 17.3. The molecule has 3 aromatic heterocycles. The van der Waals surface area contributed by atoms with Crippen LogP contribution in [0, 0.1) is 0 Å². The molecular formula is C16H19N7O2S. The van der Waals surface area contributed by atoms with Gasteiger partial charge in [-0.2, -0.15) is 0 Å². The van der Waals surface area contributed by atoms with Crippen LogP contribution >= 0.6 is 11.3 Å². The number of morpholine rings is 1. The monoisotopic (exact) mass is 373 g/mol. The summed E-state index contributed by atoms with van der Waals surface area (Å²) >= 11 is 1.69. The van der Waals surface area contributed by atoms with Crippen molar-refractivity contribution < 1.29 is 9.37 Å². The van der Waals surface area contributed by atoms with Gasteiger partial charge in [0.25, 0.3) is 0 Å². The van der Waals surface area contributed by atoms with E-state index in [0.717, 1.165) is 49.1 Å². The maximum atomic E-state index is 5.50. The Morgan fingerprint density at radius 2 is 1.81 bits per heavy atom. The summed E-state index contributed by atoms with van der Waals surface area (Å²) in [6, 6.07) is 0.218. The average Bonchev–Trinajstić information content (AvgIpc) is 3.39. The standard InChI is InChI=1S/C16H19N7O2S/c1-2-5-23(11(3-1)16-17-4-10-26-16)15-14(22-6-8-24-9-7-22)18-12-13(19-15)21-25-20-12/h4,10-11H,1-3,5-9H2. The van der Waals surface area contributed by atoms with Crippen molar-refractivity contribution in [1.29, 1.82) is 0 Å². The van der Waals surface area contributed by atoms with E-state index in [-0.39, 0.29) is 6.04 Å². The van der Waals surface area contributed by atoms with Gasteiger partial charge in [-0.05, 0) is 29.6 Å². The van der Waals surface area contributed by atoms with Crippen LogP contribution in [0.1, 0.15) is 30.3 Å². The van der Waals surface area contributed by atoms with Crippen molar-refractivity contribution in [3.05, 3.63) is 16.6 Å². The van der Waals surface area contributed by atoms with E-state index >= 15 is 0 Å². The molecule has 10 heteroatoms. The summed E-state index contributed by atoms with van der Waals surface area (Å²) in [5.41, 5.74) is 0.888.